The maximum absolute atomic E-state index is 13.4. The highest BCUT2D eigenvalue weighted by molar-refractivity contribution is 5.84. The second-order valence-corrected chi connectivity index (χ2v) is 5.62. The lowest BCUT2D eigenvalue weighted by Gasteiger charge is -2.07. The second-order valence-electron chi connectivity index (χ2n) is 5.62. The van der Waals surface area contributed by atoms with Gasteiger partial charge >= 0.3 is 6.61 Å². The van der Waals surface area contributed by atoms with E-state index >= 15 is 0 Å². The van der Waals surface area contributed by atoms with Gasteiger partial charge in [0.2, 0.25) is 0 Å². The van der Waals surface area contributed by atoms with Crippen molar-refractivity contribution < 1.29 is 27.4 Å². The number of alkyl halides is 2. The van der Waals surface area contributed by atoms with Gasteiger partial charge in [0.05, 0.1) is 0 Å². The van der Waals surface area contributed by atoms with Gasteiger partial charge in [0.25, 0.3) is 5.91 Å². The third kappa shape index (κ3) is 7.39. The molecule has 0 atom stereocenters. The first-order valence-electron chi connectivity index (χ1n) is 8.17. The van der Waals surface area contributed by atoms with Crippen LogP contribution in [-0.2, 0) is 11.2 Å². The van der Waals surface area contributed by atoms with Crippen molar-refractivity contribution in [3.05, 3.63) is 59.9 Å². The zero-order valence-corrected chi connectivity index (χ0v) is 14.6. The maximum Gasteiger partial charge on any atom is 0.387 e. The summed E-state index contributed by atoms with van der Waals surface area (Å²) in [6.07, 6.45) is 1.18. The van der Waals surface area contributed by atoms with Gasteiger partial charge in [0, 0.05) is 5.71 Å². The van der Waals surface area contributed by atoms with Crippen molar-refractivity contribution in [2.45, 2.75) is 26.4 Å². The molecule has 0 bridgehead atoms. The zero-order chi connectivity index (χ0) is 19.6. The van der Waals surface area contributed by atoms with E-state index < -0.39 is 18.3 Å². The van der Waals surface area contributed by atoms with Gasteiger partial charge in [-0.05, 0) is 49.6 Å². The van der Waals surface area contributed by atoms with Crippen LogP contribution in [0.25, 0.3) is 0 Å². The van der Waals surface area contributed by atoms with Crippen molar-refractivity contribution in [3.8, 4) is 11.5 Å². The molecule has 2 aromatic carbocycles. The molecule has 8 heteroatoms. The Balaban J connectivity index is 1.73. The first kappa shape index (κ1) is 20.3. The Morgan fingerprint density at radius 1 is 1.15 bits per heavy atom. The van der Waals surface area contributed by atoms with Crippen LogP contribution in [0.3, 0.4) is 0 Å². The number of rotatable bonds is 9. The highest BCUT2D eigenvalue weighted by Crippen LogP contribution is 2.16. The molecule has 0 aliphatic carbocycles. The van der Waals surface area contributed by atoms with Crippen LogP contribution in [0.15, 0.2) is 53.6 Å². The molecule has 1 amide bonds. The van der Waals surface area contributed by atoms with E-state index in [0.29, 0.717) is 18.6 Å². The van der Waals surface area contributed by atoms with E-state index in [1.165, 1.54) is 30.3 Å². The molecule has 0 saturated carbocycles. The molecule has 0 unspecified atom stereocenters. The molecule has 0 aliphatic heterocycles. The summed E-state index contributed by atoms with van der Waals surface area (Å²) < 4.78 is 46.9. The second kappa shape index (κ2) is 10.2. The summed E-state index contributed by atoms with van der Waals surface area (Å²) in [5, 5.41) is 3.95. The summed E-state index contributed by atoms with van der Waals surface area (Å²) in [5.41, 5.74) is 3.92. The number of hydrogen-bond acceptors (Lipinski definition) is 4. The minimum Gasteiger partial charge on any atom is -0.481 e. The van der Waals surface area contributed by atoms with Gasteiger partial charge in [-0.1, -0.05) is 24.3 Å². The van der Waals surface area contributed by atoms with Crippen molar-refractivity contribution in [2.75, 3.05) is 6.61 Å². The molecule has 2 rings (SSSR count). The topological polar surface area (TPSA) is 59.9 Å². The molecule has 1 N–H and O–H groups in total. The van der Waals surface area contributed by atoms with E-state index in [4.69, 9.17) is 4.74 Å². The number of benzene rings is 2. The van der Waals surface area contributed by atoms with Crippen molar-refractivity contribution in [1.29, 1.82) is 0 Å². The van der Waals surface area contributed by atoms with Gasteiger partial charge in [-0.15, -0.1) is 0 Å². The Labute approximate surface area is 154 Å². The van der Waals surface area contributed by atoms with Crippen LogP contribution in [0.4, 0.5) is 13.2 Å². The highest BCUT2D eigenvalue weighted by atomic mass is 19.3. The molecule has 27 heavy (non-hydrogen) atoms. The molecule has 0 radical (unpaired) electrons. The van der Waals surface area contributed by atoms with E-state index in [1.807, 2.05) is 0 Å². The van der Waals surface area contributed by atoms with Crippen molar-refractivity contribution in [3.63, 3.8) is 0 Å². The highest BCUT2D eigenvalue weighted by Gasteiger charge is 2.06. The summed E-state index contributed by atoms with van der Waals surface area (Å²) in [7, 11) is 0. The Morgan fingerprint density at radius 2 is 1.85 bits per heavy atom. The number of hydrogen-bond donors (Lipinski definition) is 1. The number of nitrogens with one attached hydrogen (secondary N) is 1. The normalized spacial score (nSPS) is 11.4. The Kier molecular flexibility index (Phi) is 7.66. The van der Waals surface area contributed by atoms with Gasteiger partial charge < -0.3 is 9.47 Å². The quantitative estimate of drug-likeness (QED) is 0.530. The number of para-hydroxylation sites is 1. The molecule has 144 valence electrons. The Bertz CT molecular complexity index is 780. The zero-order valence-electron chi connectivity index (χ0n) is 14.6. The lowest BCUT2D eigenvalue weighted by molar-refractivity contribution is -0.123. The number of hydrazone groups is 1. The number of amides is 1. The molecule has 2 aromatic rings. The summed E-state index contributed by atoms with van der Waals surface area (Å²) in [6.45, 7) is -1.47. The van der Waals surface area contributed by atoms with E-state index in [-0.39, 0.29) is 18.1 Å². The van der Waals surface area contributed by atoms with E-state index in [1.54, 1.807) is 25.1 Å². The summed E-state index contributed by atoms with van der Waals surface area (Å²) >= 11 is 0. The third-order valence-electron chi connectivity index (χ3n) is 3.49. The van der Waals surface area contributed by atoms with Gasteiger partial charge in [-0.25, -0.2) is 9.82 Å². The minimum absolute atomic E-state index is 0.00683. The van der Waals surface area contributed by atoms with Gasteiger partial charge in [0.15, 0.2) is 18.2 Å². The number of halogens is 3. The predicted molar refractivity (Wildman–Crippen MR) is 94.5 cm³/mol. The lowest BCUT2D eigenvalue weighted by atomic mass is 10.1. The number of nitrogens with zero attached hydrogens (tertiary/aromatic N) is 1. The molecule has 0 aliphatic rings. The first-order chi connectivity index (χ1) is 12.9. The predicted octanol–water partition coefficient (Wildman–Crippen LogP) is 3.93. The van der Waals surface area contributed by atoms with E-state index in [9.17, 15) is 18.0 Å². The van der Waals surface area contributed by atoms with Crippen LogP contribution in [0.2, 0.25) is 0 Å². The van der Waals surface area contributed by atoms with E-state index in [0.717, 1.165) is 5.56 Å². The Morgan fingerprint density at radius 3 is 2.52 bits per heavy atom. The molecule has 5 nitrogen and oxygen atoms in total. The van der Waals surface area contributed by atoms with Crippen molar-refractivity contribution in [1.82, 2.24) is 5.43 Å². The summed E-state index contributed by atoms with van der Waals surface area (Å²) in [4.78, 5) is 11.7. The molecular formula is C19H19F3N2O3. The lowest BCUT2D eigenvalue weighted by Crippen LogP contribution is -2.25. The Hall–Kier alpha value is -3.03. The largest absolute Gasteiger partial charge is 0.481 e. The fourth-order valence-corrected chi connectivity index (χ4v) is 2.11. The van der Waals surface area contributed by atoms with Crippen molar-refractivity contribution >= 4 is 11.6 Å². The van der Waals surface area contributed by atoms with Gasteiger partial charge in [-0.3, -0.25) is 4.79 Å². The molecule has 0 saturated heterocycles. The van der Waals surface area contributed by atoms with Crippen LogP contribution in [0.1, 0.15) is 18.9 Å². The average Bonchev–Trinajstić information content (AvgIpc) is 2.64. The van der Waals surface area contributed by atoms with Crippen LogP contribution in [0.5, 0.6) is 11.5 Å². The monoisotopic (exact) mass is 380 g/mol. The maximum atomic E-state index is 13.4. The molecule has 0 spiro atoms. The number of aryl methyl sites for hydroxylation is 1. The first-order valence-corrected chi connectivity index (χ1v) is 8.17. The molecule has 0 fully saturated rings. The minimum atomic E-state index is -2.85. The number of carbonyl (C=O) groups is 1. The van der Waals surface area contributed by atoms with Gasteiger partial charge in [-0.2, -0.15) is 13.9 Å². The van der Waals surface area contributed by atoms with Crippen molar-refractivity contribution in [2.24, 2.45) is 5.10 Å². The molecular weight excluding hydrogens is 361 g/mol. The fourth-order valence-electron chi connectivity index (χ4n) is 2.11. The standard InChI is InChI=1S/C19H19F3N2O3/c1-13(6-7-14-8-10-15(11-9-14)27-19(21)22)23-24-18(25)12-26-17-5-3-2-4-16(17)20/h2-5,8-11,19H,6-7,12H2,1H3,(H,24,25)/b23-13-. The summed E-state index contributed by atoms with van der Waals surface area (Å²) in [6, 6.07) is 12.1. The summed E-state index contributed by atoms with van der Waals surface area (Å²) in [5.74, 6) is -0.963. The third-order valence-corrected chi connectivity index (χ3v) is 3.49. The SMILES string of the molecule is C/C(CCc1ccc(OC(F)F)cc1)=N/NC(=O)COc1ccccc1F. The van der Waals surface area contributed by atoms with E-state index in [2.05, 4.69) is 15.3 Å². The van der Waals surface area contributed by atoms with Crippen LogP contribution in [0, 0.1) is 5.82 Å². The molecule has 0 aromatic heterocycles. The van der Waals surface area contributed by atoms with Crippen LogP contribution < -0.4 is 14.9 Å². The number of ether oxygens (including phenoxy) is 2. The van der Waals surface area contributed by atoms with Crippen LogP contribution >= 0.6 is 0 Å². The molecule has 0 heterocycles. The van der Waals surface area contributed by atoms with Crippen LogP contribution in [-0.4, -0.2) is 24.8 Å². The average molecular weight is 380 g/mol. The fraction of sp³-hybridized carbons (Fsp3) is 0.263. The smallest absolute Gasteiger partial charge is 0.387 e. The van der Waals surface area contributed by atoms with Gasteiger partial charge in [0.1, 0.15) is 5.75 Å². The number of carbonyl (C=O) groups excluding carboxylic acids is 1.